The number of rotatable bonds is 8. The molecular weight excluding hydrogens is 393 g/mol. The Bertz CT molecular complexity index is 1040. The lowest BCUT2D eigenvalue weighted by molar-refractivity contribution is 0.0949. The van der Waals surface area contributed by atoms with E-state index in [-0.39, 0.29) is 5.91 Å². The molecule has 2 heterocycles. The zero-order chi connectivity index (χ0) is 21.6. The summed E-state index contributed by atoms with van der Waals surface area (Å²) in [5.74, 6) is 0.621. The number of hydrogen-bond donors (Lipinski definition) is 1. The van der Waals surface area contributed by atoms with Gasteiger partial charge in [0.25, 0.3) is 5.91 Å². The van der Waals surface area contributed by atoms with Crippen molar-refractivity contribution < 1.29 is 13.9 Å². The maximum atomic E-state index is 13.3. The van der Waals surface area contributed by atoms with Crippen LogP contribution in [-0.4, -0.2) is 54.7 Å². The number of fused-ring (bicyclic) bond motifs is 1. The predicted octanol–water partition coefficient (Wildman–Crippen LogP) is 4.46. The fraction of sp³-hybridized carbons (Fsp3) is 0.360. The van der Waals surface area contributed by atoms with Crippen LogP contribution in [0, 0.1) is 0 Å². The normalized spacial score (nSPS) is 16.5. The molecule has 1 fully saturated rings. The van der Waals surface area contributed by atoms with E-state index in [9.17, 15) is 9.18 Å². The smallest absolute Gasteiger partial charge is 0.270 e. The third-order valence-corrected chi connectivity index (χ3v) is 5.57. The number of nitrogens with one attached hydrogen (secondary N) is 1. The number of alkyl halides is 1. The van der Waals surface area contributed by atoms with Crippen LogP contribution >= 0.6 is 0 Å². The summed E-state index contributed by atoms with van der Waals surface area (Å²) in [6.45, 7) is 5.20. The molecule has 1 N–H and O–H groups in total. The number of likely N-dealkylation sites (tertiary alicyclic amines) is 1. The highest BCUT2D eigenvalue weighted by atomic mass is 19.1. The highest BCUT2D eigenvalue weighted by Crippen LogP contribution is 2.26. The minimum absolute atomic E-state index is 0.186. The topological polar surface area (TPSA) is 54.5 Å². The highest BCUT2D eigenvalue weighted by Gasteiger charge is 2.21. The molecule has 0 aliphatic carbocycles. The molecule has 0 bridgehead atoms. The summed E-state index contributed by atoms with van der Waals surface area (Å²) in [6.07, 6.45) is 0.686. The predicted molar refractivity (Wildman–Crippen MR) is 121 cm³/mol. The molecule has 2 aromatic carbocycles. The Kier molecular flexibility index (Phi) is 6.77. The number of pyridine rings is 1. The standard InChI is InChI=1S/C25H28FN3O2/c1-2-31-21-10-8-18(9-11-21)23-16-19-6-3-4-7-22(19)24(28-23)25(30)27-13-5-14-29-15-12-20(26)17-29/h3-4,6-11,16,20H,2,5,12-15,17H2,1H3,(H,27,30)/t20-/m0/s1. The summed E-state index contributed by atoms with van der Waals surface area (Å²) in [6, 6.07) is 17.5. The molecule has 0 saturated carbocycles. The van der Waals surface area contributed by atoms with E-state index in [4.69, 9.17) is 9.72 Å². The first-order chi connectivity index (χ1) is 15.1. The number of nitrogens with zero attached hydrogens (tertiary/aromatic N) is 2. The maximum Gasteiger partial charge on any atom is 0.270 e. The lowest BCUT2D eigenvalue weighted by Gasteiger charge is -2.15. The van der Waals surface area contributed by atoms with Crippen LogP contribution < -0.4 is 10.1 Å². The number of hydrogen-bond acceptors (Lipinski definition) is 4. The van der Waals surface area contributed by atoms with Gasteiger partial charge in [-0.3, -0.25) is 4.79 Å². The van der Waals surface area contributed by atoms with Crippen molar-refractivity contribution in [3.63, 3.8) is 0 Å². The summed E-state index contributed by atoms with van der Waals surface area (Å²) in [4.78, 5) is 19.8. The SMILES string of the molecule is CCOc1ccc(-c2cc3ccccc3c(C(=O)NCCCN3CC[C@H](F)C3)n2)cc1. The first-order valence-corrected chi connectivity index (χ1v) is 10.9. The van der Waals surface area contributed by atoms with Gasteiger partial charge in [0.05, 0.1) is 12.3 Å². The lowest BCUT2D eigenvalue weighted by Crippen LogP contribution is -2.29. The summed E-state index contributed by atoms with van der Waals surface area (Å²) < 4.78 is 18.8. The van der Waals surface area contributed by atoms with Crippen LogP contribution in [-0.2, 0) is 0 Å². The van der Waals surface area contributed by atoms with Crippen molar-refractivity contribution in [1.29, 1.82) is 0 Å². The molecule has 1 amide bonds. The van der Waals surface area contributed by atoms with Gasteiger partial charge in [-0.25, -0.2) is 9.37 Å². The zero-order valence-corrected chi connectivity index (χ0v) is 17.8. The van der Waals surface area contributed by atoms with Crippen LogP contribution in [0.3, 0.4) is 0 Å². The van der Waals surface area contributed by atoms with Gasteiger partial charge >= 0.3 is 0 Å². The molecule has 4 rings (SSSR count). The zero-order valence-electron chi connectivity index (χ0n) is 17.8. The Balaban J connectivity index is 1.50. The summed E-state index contributed by atoms with van der Waals surface area (Å²) in [7, 11) is 0. The number of aromatic nitrogens is 1. The number of carbonyl (C=O) groups is 1. The maximum absolute atomic E-state index is 13.3. The third kappa shape index (κ3) is 5.20. The third-order valence-electron chi connectivity index (χ3n) is 5.57. The van der Waals surface area contributed by atoms with Gasteiger partial charge in [0.2, 0.25) is 0 Å². The molecule has 0 unspecified atom stereocenters. The molecule has 5 nitrogen and oxygen atoms in total. The molecule has 0 spiro atoms. The molecule has 1 atom stereocenters. The van der Waals surface area contributed by atoms with E-state index < -0.39 is 6.17 Å². The number of halogens is 1. The molecule has 1 aromatic heterocycles. The lowest BCUT2D eigenvalue weighted by atomic mass is 10.0. The van der Waals surface area contributed by atoms with Crippen molar-refractivity contribution in [1.82, 2.24) is 15.2 Å². The molecule has 6 heteroatoms. The van der Waals surface area contributed by atoms with E-state index in [2.05, 4.69) is 10.2 Å². The molecule has 1 aliphatic rings. The molecular formula is C25H28FN3O2. The van der Waals surface area contributed by atoms with Crippen molar-refractivity contribution in [2.45, 2.75) is 25.9 Å². The quantitative estimate of drug-likeness (QED) is 0.546. The molecule has 1 aliphatic heterocycles. The van der Waals surface area contributed by atoms with Gasteiger partial charge in [0.15, 0.2) is 0 Å². The average Bonchev–Trinajstić information content (AvgIpc) is 3.21. The molecule has 31 heavy (non-hydrogen) atoms. The van der Waals surface area contributed by atoms with Crippen molar-refractivity contribution in [2.75, 3.05) is 32.8 Å². The van der Waals surface area contributed by atoms with Crippen molar-refractivity contribution >= 4 is 16.7 Å². The van der Waals surface area contributed by atoms with Gasteiger partial charge in [-0.1, -0.05) is 24.3 Å². The van der Waals surface area contributed by atoms with E-state index in [1.165, 1.54) is 0 Å². The highest BCUT2D eigenvalue weighted by molar-refractivity contribution is 6.06. The van der Waals surface area contributed by atoms with Gasteiger partial charge in [-0.2, -0.15) is 0 Å². The van der Waals surface area contributed by atoms with Gasteiger partial charge in [-0.15, -0.1) is 0 Å². The van der Waals surface area contributed by atoms with Gasteiger partial charge in [-0.05, 0) is 62.0 Å². The van der Waals surface area contributed by atoms with Crippen LogP contribution in [0.4, 0.5) is 4.39 Å². The first kappa shape index (κ1) is 21.2. The number of amides is 1. The minimum atomic E-state index is -0.713. The Morgan fingerprint density at radius 1 is 1.23 bits per heavy atom. The molecule has 0 radical (unpaired) electrons. The monoisotopic (exact) mass is 421 g/mol. The number of carbonyl (C=O) groups excluding carboxylic acids is 1. The largest absolute Gasteiger partial charge is 0.494 e. The van der Waals surface area contributed by atoms with Crippen LogP contribution in [0.25, 0.3) is 22.0 Å². The van der Waals surface area contributed by atoms with Crippen molar-refractivity contribution in [3.05, 3.63) is 60.3 Å². The van der Waals surface area contributed by atoms with Crippen molar-refractivity contribution in [3.8, 4) is 17.0 Å². The Morgan fingerprint density at radius 2 is 2.03 bits per heavy atom. The molecule has 1 saturated heterocycles. The van der Waals surface area contributed by atoms with Gasteiger partial charge in [0, 0.05) is 30.6 Å². The van der Waals surface area contributed by atoms with E-state index in [1.54, 1.807) is 0 Å². The van der Waals surface area contributed by atoms with Crippen LogP contribution in [0.1, 0.15) is 30.3 Å². The fourth-order valence-electron chi connectivity index (χ4n) is 3.99. The number of ether oxygens (including phenoxy) is 1. The molecule has 3 aromatic rings. The first-order valence-electron chi connectivity index (χ1n) is 10.9. The Hall–Kier alpha value is -2.99. The van der Waals surface area contributed by atoms with Crippen LogP contribution in [0.15, 0.2) is 54.6 Å². The van der Waals surface area contributed by atoms with Gasteiger partial charge in [0.1, 0.15) is 17.6 Å². The molecule has 162 valence electrons. The van der Waals surface area contributed by atoms with Crippen molar-refractivity contribution in [2.24, 2.45) is 0 Å². The van der Waals surface area contributed by atoms with E-state index in [0.717, 1.165) is 47.3 Å². The number of benzene rings is 2. The van der Waals surface area contributed by atoms with E-state index in [1.807, 2.05) is 61.5 Å². The Morgan fingerprint density at radius 3 is 2.77 bits per heavy atom. The van der Waals surface area contributed by atoms with E-state index in [0.29, 0.717) is 31.8 Å². The Labute approximate surface area is 182 Å². The van der Waals surface area contributed by atoms with Crippen LogP contribution in [0.5, 0.6) is 5.75 Å². The summed E-state index contributed by atoms with van der Waals surface area (Å²) >= 11 is 0. The average molecular weight is 422 g/mol. The second-order valence-corrected chi connectivity index (χ2v) is 7.83. The second-order valence-electron chi connectivity index (χ2n) is 7.83. The van der Waals surface area contributed by atoms with Crippen LogP contribution in [0.2, 0.25) is 0 Å². The second kappa shape index (κ2) is 9.88. The fourth-order valence-corrected chi connectivity index (χ4v) is 3.99. The summed E-state index contributed by atoms with van der Waals surface area (Å²) in [5.41, 5.74) is 2.10. The minimum Gasteiger partial charge on any atom is -0.494 e. The van der Waals surface area contributed by atoms with E-state index >= 15 is 0 Å². The summed E-state index contributed by atoms with van der Waals surface area (Å²) in [5, 5.41) is 4.79. The van der Waals surface area contributed by atoms with Gasteiger partial charge < -0.3 is 15.0 Å².